The zero-order valence-electron chi connectivity index (χ0n) is 11.7. The van der Waals surface area contributed by atoms with E-state index in [0.29, 0.717) is 6.04 Å². The first-order valence-corrected chi connectivity index (χ1v) is 6.76. The fraction of sp³-hybridized carbons (Fsp3) is 1.00. The van der Waals surface area contributed by atoms with Gasteiger partial charge in [0.25, 0.3) is 0 Å². The summed E-state index contributed by atoms with van der Waals surface area (Å²) in [5.74, 6) is 0. The highest BCUT2D eigenvalue weighted by Gasteiger charge is 2.33. The van der Waals surface area contributed by atoms with Gasteiger partial charge in [0.05, 0.1) is 12.2 Å². The van der Waals surface area contributed by atoms with Crippen LogP contribution in [0.4, 0.5) is 0 Å². The highest BCUT2D eigenvalue weighted by atomic mass is 16.5. The second kappa shape index (κ2) is 8.03. The average Bonchev–Trinajstić information content (AvgIpc) is 2.72. The summed E-state index contributed by atoms with van der Waals surface area (Å²) in [6, 6.07) is 0.595. The molecule has 1 saturated heterocycles. The van der Waals surface area contributed by atoms with Crippen molar-refractivity contribution >= 4 is 0 Å². The van der Waals surface area contributed by atoms with Crippen molar-refractivity contribution in [3.8, 4) is 0 Å². The lowest BCUT2D eigenvalue weighted by molar-refractivity contribution is -0.00461. The first-order chi connectivity index (χ1) is 8.24. The van der Waals surface area contributed by atoms with E-state index >= 15 is 0 Å². The third-order valence-electron chi connectivity index (χ3n) is 3.50. The lowest BCUT2D eigenvalue weighted by atomic mass is 10.1. The molecular weight excluding hydrogens is 216 g/mol. The monoisotopic (exact) mass is 244 g/mol. The van der Waals surface area contributed by atoms with Crippen molar-refractivity contribution in [3.63, 3.8) is 0 Å². The van der Waals surface area contributed by atoms with Gasteiger partial charge in [-0.3, -0.25) is 4.90 Å². The summed E-state index contributed by atoms with van der Waals surface area (Å²) in [5, 5.41) is 3.55. The van der Waals surface area contributed by atoms with Crippen LogP contribution in [0.2, 0.25) is 0 Å². The Morgan fingerprint density at radius 1 is 1.18 bits per heavy atom. The fourth-order valence-corrected chi connectivity index (χ4v) is 2.63. The van der Waals surface area contributed by atoms with E-state index in [1.807, 2.05) is 0 Å². The summed E-state index contributed by atoms with van der Waals surface area (Å²) in [4.78, 5) is 2.45. The molecule has 0 aromatic carbocycles. The van der Waals surface area contributed by atoms with E-state index in [2.05, 4.69) is 24.1 Å². The number of likely N-dealkylation sites (tertiary alicyclic amines) is 1. The van der Waals surface area contributed by atoms with Crippen LogP contribution < -0.4 is 5.32 Å². The number of hydrogen-bond donors (Lipinski definition) is 1. The van der Waals surface area contributed by atoms with Crippen molar-refractivity contribution in [1.29, 1.82) is 0 Å². The standard InChI is InChI=1S/C13H28N2O2/c1-5-7-11(14-6-2)8-15-9-12(16-3)13(10-15)17-4/h11-14H,5-10H2,1-4H3. The maximum Gasteiger partial charge on any atom is 0.0971 e. The molecule has 3 unspecified atom stereocenters. The Morgan fingerprint density at radius 3 is 2.18 bits per heavy atom. The van der Waals surface area contributed by atoms with E-state index in [1.54, 1.807) is 14.2 Å². The molecule has 0 radical (unpaired) electrons. The molecule has 0 aromatic heterocycles. The maximum atomic E-state index is 5.46. The quantitative estimate of drug-likeness (QED) is 0.693. The number of ether oxygens (including phenoxy) is 2. The summed E-state index contributed by atoms with van der Waals surface area (Å²) >= 11 is 0. The molecule has 3 atom stereocenters. The van der Waals surface area contributed by atoms with Crippen molar-refractivity contribution in [2.75, 3.05) is 40.4 Å². The lowest BCUT2D eigenvalue weighted by Gasteiger charge is -2.23. The minimum atomic E-state index is 0.226. The fourth-order valence-electron chi connectivity index (χ4n) is 2.63. The second-order valence-corrected chi connectivity index (χ2v) is 4.81. The van der Waals surface area contributed by atoms with E-state index in [0.717, 1.165) is 26.2 Å². The summed E-state index contributed by atoms with van der Waals surface area (Å²) < 4.78 is 10.9. The summed E-state index contributed by atoms with van der Waals surface area (Å²) in [7, 11) is 3.54. The molecule has 0 spiro atoms. The van der Waals surface area contributed by atoms with Crippen molar-refractivity contribution < 1.29 is 9.47 Å². The van der Waals surface area contributed by atoms with Crippen molar-refractivity contribution in [2.24, 2.45) is 0 Å². The molecule has 1 fully saturated rings. The Balaban J connectivity index is 2.40. The van der Waals surface area contributed by atoms with Gasteiger partial charge in [-0.2, -0.15) is 0 Å². The number of nitrogens with zero attached hydrogens (tertiary/aromatic N) is 1. The van der Waals surface area contributed by atoms with Crippen LogP contribution in [0.5, 0.6) is 0 Å². The normalized spacial score (nSPS) is 27.5. The van der Waals surface area contributed by atoms with Crippen molar-refractivity contribution in [1.82, 2.24) is 10.2 Å². The van der Waals surface area contributed by atoms with Crippen LogP contribution in [0, 0.1) is 0 Å². The molecule has 1 rings (SSSR count). The van der Waals surface area contributed by atoms with Gasteiger partial charge in [-0.25, -0.2) is 0 Å². The van der Waals surface area contributed by atoms with Crippen LogP contribution >= 0.6 is 0 Å². The van der Waals surface area contributed by atoms with Gasteiger partial charge in [0.15, 0.2) is 0 Å². The molecule has 0 saturated carbocycles. The lowest BCUT2D eigenvalue weighted by Crippen LogP contribution is -2.40. The van der Waals surface area contributed by atoms with Gasteiger partial charge in [0.1, 0.15) is 0 Å². The highest BCUT2D eigenvalue weighted by molar-refractivity contribution is 4.87. The van der Waals surface area contributed by atoms with E-state index in [4.69, 9.17) is 9.47 Å². The van der Waals surface area contributed by atoms with Crippen LogP contribution in [-0.4, -0.2) is 63.5 Å². The van der Waals surface area contributed by atoms with Gasteiger partial charge >= 0.3 is 0 Å². The van der Waals surface area contributed by atoms with E-state index < -0.39 is 0 Å². The molecule has 1 aliphatic heterocycles. The minimum Gasteiger partial charge on any atom is -0.377 e. The Kier molecular flexibility index (Phi) is 7.04. The number of nitrogens with one attached hydrogen (secondary N) is 1. The zero-order valence-corrected chi connectivity index (χ0v) is 11.7. The molecule has 1 aliphatic rings. The van der Waals surface area contributed by atoms with Gasteiger partial charge < -0.3 is 14.8 Å². The number of likely N-dealkylation sites (N-methyl/N-ethyl adjacent to an activating group) is 1. The molecule has 0 amide bonds. The number of hydrogen-bond acceptors (Lipinski definition) is 4. The molecule has 102 valence electrons. The molecular formula is C13H28N2O2. The third-order valence-corrected chi connectivity index (χ3v) is 3.50. The van der Waals surface area contributed by atoms with Crippen LogP contribution in [-0.2, 0) is 9.47 Å². The Hall–Kier alpha value is -0.160. The second-order valence-electron chi connectivity index (χ2n) is 4.81. The Bertz CT molecular complexity index is 184. The Labute approximate surface area is 106 Å². The summed E-state index contributed by atoms with van der Waals surface area (Å²) in [5.41, 5.74) is 0. The van der Waals surface area contributed by atoms with E-state index in [1.165, 1.54) is 12.8 Å². The van der Waals surface area contributed by atoms with Gasteiger partial charge in [-0.1, -0.05) is 20.3 Å². The molecule has 17 heavy (non-hydrogen) atoms. The van der Waals surface area contributed by atoms with Gasteiger partial charge in [-0.15, -0.1) is 0 Å². The largest absolute Gasteiger partial charge is 0.377 e. The zero-order chi connectivity index (χ0) is 12.7. The predicted octanol–water partition coefficient (Wildman–Crippen LogP) is 1.11. The SMILES string of the molecule is CCCC(CN1CC(OC)C(OC)C1)NCC. The first-order valence-electron chi connectivity index (χ1n) is 6.76. The third kappa shape index (κ3) is 4.54. The van der Waals surface area contributed by atoms with Crippen LogP contribution in [0.3, 0.4) is 0 Å². The average molecular weight is 244 g/mol. The minimum absolute atomic E-state index is 0.226. The van der Waals surface area contributed by atoms with Gasteiger partial charge in [-0.05, 0) is 13.0 Å². The molecule has 1 heterocycles. The molecule has 0 aliphatic carbocycles. The topological polar surface area (TPSA) is 33.7 Å². The molecule has 0 bridgehead atoms. The summed E-state index contributed by atoms with van der Waals surface area (Å²) in [6.45, 7) is 8.52. The van der Waals surface area contributed by atoms with Crippen molar-refractivity contribution in [3.05, 3.63) is 0 Å². The Morgan fingerprint density at radius 2 is 1.76 bits per heavy atom. The molecule has 4 heteroatoms. The molecule has 1 N–H and O–H groups in total. The van der Waals surface area contributed by atoms with Crippen LogP contribution in [0.1, 0.15) is 26.7 Å². The predicted molar refractivity (Wildman–Crippen MR) is 70.4 cm³/mol. The molecule has 4 nitrogen and oxygen atoms in total. The van der Waals surface area contributed by atoms with Gasteiger partial charge in [0.2, 0.25) is 0 Å². The number of rotatable bonds is 8. The molecule has 0 aromatic rings. The van der Waals surface area contributed by atoms with Crippen LogP contribution in [0.15, 0.2) is 0 Å². The first kappa shape index (κ1) is 14.9. The number of methoxy groups -OCH3 is 2. The van der Waals surface area contributed by atoms with E-state index in [-0.39, 0.29) is 12.2 Å². The van der Waals surface area contributed by atoms with Gasteiger partial charge in [0, 0.05) is 39.9 Å². The van der Waals surface area contributed by atoms with E-state index in [9.17, 15) is 0 Å². The smallest absolute Gasteiger partial charge is 0.0971 e. The summed E-state index contributed by atoms with van der Waals surface area (Å²) in [6.07, 6.45) is 2.92. The van der Waals surface area contributed by atoms with Crippen LogP contribution in [0.25, 0.3) is 0 Å². The highest BCUT2D eigenvalue weighted by Crippen LogP contribution is 2.16. The maximum absolute atomic E-state index is 5.46. The van der Waals surface area contributed by atoms with Crippen molar-refractivity contribution in [2.45, 2.75) is 44.9 Å².